The van der Waals surface area contributed by atoms with E-state index in [4.69, 9.17) is 9.47 Å². The molecule has 0 unspecified atom stereocenters. The molecule has 30 heavy (non-hydrogen) atoms. The maximum Gasteiger partial charge on any atom is 0.265 e. The number of carbonyl (C=O) groups is 3. The molecule has 0 fully saturated rings. The number of anilines is 1. The predicted octanol–water partition coefficient (Wildman–Crippen LogP) is 2.82. The van der Waals surface area contributed by atoms with Crippen molar-refractivity contribution in [1.29, 1.82) is 0 Å². The monoisotopic (exact) mass is 410 g/mol. The summed E-state index contributed by atoms with van der Waals surface area (Å²) in [6.07, 6.45) is 0. The van der Waals surface area contributed by atoms with Crippen LogP contribution in [0.1, 0.15) is 35.3 Å². The average Bonchev–Trinajstić information content (AvgIpc) is 2.68. The summed E-state index contributed by atoms with van der Waals surface area (Å²) in [5, 5.41) is 2.77. The minimum atomic E-state index is -0.335. The van der Waals surface area contributed by atoms with Crippen LogP contribution in [0, 0.1) is 13.8 Å². The third kappa shape index (κ3) is 4.79. The van der Waals surface area contributed by atoms with Crippen LogP contribution in [0.3, 0.4) is 0 Å². The van der Waals surface area contributed by atoms with E-state index in [1.165, 1.54) is 4.90 Å². The zero-order valence-electron chi connectivity index (χ0n) is 17.7. The number of amides is 2. The van der Waals surface area contributed by atoms with E-state index < -0.39 is 0 Å². The van der Waals surface area contributed by atoms with Crippen LogP contribution >= 0.6 is 0 Å². The van der Waals surface area contributed by atoms with Gasteiger partial charge in [-0.05, 0) is 57.0 Å². The molecule has 1 heterocycles. The van der Waals surface area contributed by atoms with Gasteiger partial charge in [0.15, 0.2) is 19.0 Å². The van der Waals surface area contributed by atoms with Gasteiger partial charge in [0.2, 0.25) is 5.91 Å². The van der Waals surface area contributed by atoms with Crippen molar-refractivity contribution < 1.29 is 23.9 Å². The zero-order valence-corrected chi connectivity index (χ0v) is 17.7. The molecule has 158 valence electrons. The smallest absolute Gasteiger partial charge is 0.265 e. The van der Waals surface area contributed by atoms with E-state index in [0.29, 0.717) is 22.7 Å². The Morgan fingerprint density at radius 3 is 2.53 bits per heavy atom. The fourth-order valence-electron chi connectivity index (χ4n) is 3.31. The zero-order chi connectivity index (χ0) is 21.8. The number of fused-ring (bicyclic) bond motifs is 1. The Morgan fingerprint density at radius 1 is 1.17 bits per heavy atom. The van der Waals surface area contributed by atoms with Gasteiger partial charge in [-0.15, -0.1) is 0 Å². The van der Waals surface area contributed by atoms with Crippen LogP contribution < -0.4 is 19.7 Å². The van der Waals surface area contributed by atoms with Gasteiger partial charge in [-0.2, -0.15) is 0 Å². The van der Waals surface area contributed by atoms with Gasteiger partial charge in [-0.25, -0.2) is 0 Å². The first-order chi connectivity index (χ1) is 14.3. The lowest BCUT2D eigenvalue weighted by atomic mass is 10.1. The number of para-hydroxylation sites is 1. The molecular weight excluding hydrogens is 384 g/mol. The quantitative estimate of drug-likeness (QED) is 0.710. The van der Waals surface area contributed by atoms with Gasteiger partial charge in [-0.1, -0.05) is 18.2 Å². The van der Waals surface area contributed by atoms with Crippen molar-refractivity contribution in [2.24, 2.45) is 0 Å². The summed E-state index contributed by atoms with van der Waals surface area (Å²) < 4.78 is 11.2. The molecule has 1 aliphatic rings. The molecule has 0 aliphatic carbocycles. The van der Waals surface area contributed by atoms with Gasteiger partial charge in [-0.3, -0.25) is 19.3 Å². The molecule has 0 saturated carbocycles. The lowest BCUT2D eigenvalue weighted by Crippen LogP contribution is -2.46. The number of aryl methyl sites for hydroxylation is 2. The number of nitrogens with one attached hydrogen (secondary N) is 1. The van der Waals surface area contributed by atoms with Gasteiger partial charge in [0, 0.05) is 11.6 Å². The van der Waals surface area contributed by atoms with Gasteiger partial charge in [0.05, 0.1) is 5.69 Å². The molecular formula is C23H26N2O5. The summed E-state index contributed by atoms with van der Waals surface area (Å²) in [7, 11) is 0. The maximum atomic E-state index is 12.7. The summed E-state index contributed by atoms with van der Waals surface area (Å²) in [5.74, 6) is 0.303. The Balaban J connectivity index is 1.78. The highest BCUT2D eigenvalue weighted by Gasteiger charge is 2.28. The SMILES string of the molecule is Cc1cccc(C)c1OCC(=O)c1ccc2c(c1)N(CC(=O)NC(C)C)C(=O)CO2. The molecule has 0 atom stereocenters. The Morgan fingerprint density at radius 2 is 1.87 bits per heavy atom. The van der Waals surface area contributed by atoms with E-state index in [1.807, 2.05) is 45.9 Å². The first kappa shape index (κ1) is 21.4. The van der Waals surface area contributed by atoms with Crippen LogP contribution in [-0.2, 0) is 9.59 Å². The van der Waals surface area contributed by atoms with Crippen LogP contribution in [-0.4, -0.2) is 43.4 Å². The van der Waals surface area contributed by atoms with E-state index in [9.17, 15) is 14.4 Å². The van der Waals surface area contributed by atoms with Crippen LogP contribution in [0.15, 0.2) is 36.4 Å². The first-order valence-corrected chi connectivity index (χ1v) is 9.85. The number of nitrogens with zero attached hydrogens (tertiary/aromatic N) is 1. The lowest BCUT2D eigenvalue weighted by molar-refractivity contribution is -0.125. The second-order valence-electron chi connectivity index (χ2n) is 7.61. The van der Waals surface area contributed by atoms with Crippen molar-refractivity contribution in [3.63, 3.8) is 0 Å². The molecule has 2 amide bonds. The van der Waals surface area contributed by atoms with Gasteiger partial charge in [0.1, 0.15) is 18.0 Å². The Bertz CT molecular complexity index is 963. The van der Waals surface area contributed by atoms with Crippen molar-refractivity contribution in [1.82, 2.24) is 5.32 Å². The molecule has 7 nitrogen and oxygen atoms in total. The number of hydrogen-bond donors (Lipinski definition) is 1. The van der Waals surface area contributed by atoms with Crippen molar-refractivity contribution >= 4 is 23.3 Å². The van der Waals surface area contributed by atoms with Crippen molar-refractivity contribution in [3.05, 3.63) is 53.1 Å². The number of rotatable bonds is 7. The number of Topliss-reactive ketones (excluding diaryl/α,β-unsaturated/α-hetero) is 1. The van der Waals surface area contributed by atoms with E-state index in [-0.39, 0.29) is 43.4 Å². The van der Waals surface area contributed by atoms with E-state index >= 15 is 0 Å². The lowest BCUT2D eigenvalue weighted by Gasteiger charge is -2.29. The largest absolute Gasteiger partial charge is 0.485 e. The topological polar surface area (TPSA) is 84.9 Å². The Hall–Kier alpha value is -3.35. The van der Waals surface area contributed by atoms with Crippen LogP contribution in [0.25, 0.3) is 0 Å². The second kappa shape index (κ2) is 8.98. The van der Waals surface area contributed by atoms with Gasteiger partial charge < -0.3 is 14.8 Å². The van der Waals surface area contributed by atoms with Crippen molar-refractivity contribution in [2.45, 2.75) is 33.7 Å². The summed E-state index contributed by atoms with van der Waals surface area (Å²) in [5.41, 5.74) is 2.69. The predicted molar refractivity (Wildman–Crippen MR) is 113 cm³/mol. The number of hydrogen-bond acceptors (Lipinski definition) is 5. The van der Waals surface area contributed by atoms with E-state index in [1.54, 1.807) is 18.2 Å². The van der Waals surface area contributed by atoms with Crippen LogP contribution in [0.4, 0.5) is 5.69 Å². The molecule has 1 aliphatic heterocycles. The molecule has 3 rings (SSSR count). The number of ether oxygens (including phenoxy) is 2. The normalized spacial score (nSPS) is 13.0. The minimum Gasteiger partial charge on any atom is -0.485 e. The minimum absolute atomic E-state index is 0.0388. The second-order valence-corrected chi connectivity index (χ2v) is 7.61. The van der Waals surface area contributed by atoms with Gasteiger partial charge >= 0.3 is 0 Å². The Kier molecular flexibility index (Phi) is 6.40. The van der Waals surface area contributed by atoms with Crippen molar-refractivity contribution in [2.75, 3.05) is 24.7 Å². The number of benzene rings is 2. The van der Waals surface area contributed by atoms with E-state index in [2.05, 4.69) is 5.32 Å². The van der Waals surface area contributed by atoms with Crippen molar-refractivity contribution in [3.8, 4) is 11.5 Å². The molecule has 2 aromatic rings. The molecule has 7 heteroatoms. The molecule has 0 saturated heterocycles. The number of ketones is 1. The van der Waals surface area contributed by atoms with Gasteiger partial charge in [0.25, 0.3) is 5.91 Å². The molecule has 0 radical (unpaired) electrons. The highest BCUT2D eigenvalue weighted by atomic mass is 16.5. The fraction of sp³-hybridized carbons (Fsp3) is 0.348. The Labute approximate surface area is 176 Å². The number of carbonyl (C=O) groups excluding carboxylic acids is 3. The fourth-order valence-corrected chi connectivity index (χ4v) is 3.31. The molecule has 1 N–H and O–H groups in total. The third-order valence-corrected chi connectivity index (χ3v) is 4.73. The first-order valence-electron chi connectivity index (χ1n) is 9.85. The van der Waals surface area contributed by atoms with E-state index in [0.717, 1.165) is 11.1 Å². The highest BCUT2D eigenvalue weighted by molar-refractivity contribution is 6.04. The summed E-state index contributed by atoms with van der Waals surface area (Å²) >= 11 is 0. The third-order valence-electron chi connectivity index (χ3n) is 4.73. The summed E-state index contributed by atoms with van der Waals surface area (Å²) in [6.45, 7) is 7.13. The molecule has 0 aromatic heterocycles. The molecule has 0 bridgehead atoms. The molecule has 2 aromatic carbocycles. The molecule has 0 spiro atoms. The maximum absolute atomic E-state index is 12.7. The average molecular weight is 410 g/mol. The van der Waals surface area contributed by atoms with Crippen LogP contribution in [0.5, 0.6) is 11.5 Å². The summed E-state index contributed by atoms with van der Waals surface area (Å²) in [4.78, 5) is 38.6. The standard InChI is InChI=1S/C23H26N2O5/c1-14(2)24-21(27)11-25-18-10-17(8-9-20(18)29-13-22(25)28)19(26)12-30-23-15(3)6-5-7-16(23)4/h5-10,14H,11-13H2,1-4H3,(H,24,27). The summed E-state index contributed by atoms with van der Waals surface area (Å²) in [6, 6.07) is 10.6. The van der Waals surface area contributed by atoms with Crippen LogP contribution in [0.2, 0.25) is 0 Å². The highest BCUT2D eigenvalue weighted by Crippen LogP contribution is 2.33.